The maximum Gasteiger partial charge on any atom is 0.374 e. The van der Waals surface area contributed by atoms with E-state index in [1.807, 2.05) is 54.6 Å². The van der Waals surface area contributed by atoms with Gasteiger partial charge in [0.05, 0.1) is 8.66 Å². The smallest absolute Gasteiger partial charge is 0.374 e. The van der Waals surface area contributed by atoms with Crippen LogP contribution in [0, 0.1) is 0 Å². The van der Waals surface area contributed by atoms with Gasteiger partial charge in [-0.2, -0.15) is 4.98 Å². The average molecular weight is 511 g/mol. The van der Waals surface area contributed by atoms with E-state index in [0.29, 0.717) is 17.3 Å². The quantitative estimate of drug-likeness (QED) is 0.239. The molecule has 0 radical (unpaired) electrons. The number of esters is 1. The molecule has 0 unspecified atom stereocenters. The summed E-state index contributed by atoms with van der Waals surface area (Å²) in [5.41, 5.74) is 0. The van der Waals surface area contributed by atoms with Gasteiger partial charge >= 0.3 is 5.97 Å². The fraction of sp³-hybridized carbons (Fsp3) is 0.0870. The zero-order valence-electron chi connectivity index (χ0n) is 16.5. The van der Waals surface area contributed by atoms with Crippen LogP contribution in [0.2, 0.25) is 0 Å². The van der Waals surface area contributed by atoms with Crippen LogP contribution in [-0.2, 0) is 18.0 Å². The third kappa shape index (κ3) is 4.58. The first-order valence-electron chi connectivity index (χ1n) is 9.60. The number of aromatic nitrogens is 2. The summed E-state index contributed by atoms with van der Waals surface area (Å²) < 4.78 is 22.7. The molecule has 5 aromatic rings. The van der Waals surface area contributed by atoms with E-state index in [2.05, 4.69) is 26.1 Å². The summed E-state index contributed by atoms with van der Waals surface area (Å²) in [6.45, 7) is 0.0387. The number of nitrogens with zero attached hydrogens (tertiary/aromatic N) is 2. The van der Waals surface area contributed by atoms with Gasteiger partial charge < -0.3 is 18.4 Å². The number of benzene rings is 2. The van der Waals surface area contributed by atoms with Gasteiger partial charge in [0, 0.05) is 0 Å². The summed E-state index contributed by atoms with van der Waals surface area (Å²) in [7, 11) is 0. The van der Waals surface area contributed by atoms with Gasteiger partial charge in [-0.25, -0.2) is 4.79 Å². The number of rotatable bonds is 7. The Hall–Kier alpha value is -3.43. The first kappa shape index (κ1) is 20.5. The molecule has 0 aliphatic carbocycles. The summed E-state index contributed by atoms with van der Waals surface area (Å²) in [5.74, 6) is 1.31. The molecule has 3 heterocycles. The van der Waals surface area contributed by atoms with Crippen molar-refractivity contribution < 1.29 is 23.2 Å². The van der Waals surface area contributed by atoms with E-state index in [1.54, 1.807) is 12.1 Å². The van der Waals surface area contributed by atoms with E-state index in [-0.39, 0.29) is 24.9 Å². The molecule has 7 nitrogen and oxygen atoms in total. The molecule has 0 aliphatic heterocycles. The molecular weight excluding hydrogens is 496 g/mol. The highest BCUT2D eigenvalue weighted by Gasteiger charge is 2.16. The van der Waals surface area contributed by atoms with Crippen molar-refractivity contribution in [3.63, 3.8) is 0 Å². The summed E-state index contributed by atoms with van der Waals surface area (Å²) in [6, 6.07) is 20.9. The third-order valence-electron chi connectivity index (χ3n) is 4.55. The standard InChI is InChI=1S/C23H15BrN2O5S/c24-20-10-9-19(32-20)22-25-21(31-26-22)13-29-23(27)18-8-7-17(30-18)12-28-16-6-5-14-3-1-2-4-15(14)11-16/h1-11H,12-13H2. The van der Waals surface area contributed by atoms with E-state index in [0.717, 1.165) is 19.4 Å². The molecule has 5 rings (SSSR count). The molecular formula is C23H15BrN2O5S. The predicted molar refractivity (Wildman–Crippen MR) is 121 cm³/mol. The molecule has 0 N–H and O–H groups in total. The van der Waals surface area contributed by atoms with Gasteiger partial charge in [0.25, 0.3) is 5.89 Å². The Labute approximate surface area is 194 Å². The number of thiophene rings is 1. The second-order valence-electron chi connectivity index (χ2n) is 6.76. The van der Waals surface area contributed by atoms with Crippen molar-refractivity contribution in [2.75, 3.05) is 0 Å². The molecule has 3 aromatic heterocycles. The van der Waals surface area contributed by atoms with Crippen molar-refractivity contribution in [2.45, 2.75) is 13.2 Å². The van der Waals surface area contributed by atoms with Gasteiger partial charge in [-0.3, -0.25) is 0 Å². The highest BCUT2D eigenvalue weighted by atomic mass is 79.9. The Balaban J connectivity index is 1.16. The van der Waals surface area contributed by atoms with Crippen LogP contribution in [0.3, 0.4) is 0 Å². The lowest BCUT2D eigenvalue weighted by Crippen LogP contribution is -2.04. The molecule has 0 atom stereocenters. The maximum absolute atomic E-state index is 12.3. The number of hydrogen-bond donors (Lipinski definition) is 0. The Morgan fingerprint density at radius 2 is 1.88 bits per heavy atom. The van der Waals surface area contributed by atoms with E-state index in [4.69, 9.17) is 18.4 Å². The van der Waals surface area contributed by atoms with Crippen molar-refractivity contribution >= 4 is 44.0 Å². The van der Waals surface area contributed by atoms with Crippen LogP contribution in [0.4, 0.5) is 0 Å². The lowest BCUT2D eigenvalue weighted by atomic mass is 10.1. The van der Waals surface area contributed by atoms with Gasteiger partial charge in [0.15, 0.2) is 6.61 Å². The number of carbonyl (C=O) groups excluding carboxylic acids is 1. The SMILES string of the molecule is O=C(OCc1nc(-c2ccc(Br)s2)no1)c1ccc(COc2ccc3ccccc3c2)o1. The van der Waals surface area contributed by atoms with Crippen LogP contribution in [0.25, 0.3) is 21.5 Å². The fourth-order valence-corrected chi connectivity index (χ4v) is 4.34. The zero-order chi connectivity index (χ0) is 21.9. The number of carbonyl (C=O) groups is 1. The summed E-state index contributed by atoms with van der Waals surface area (Å²) in [4.78, 5) is 17.4. The van der Waals surface area contributed by atoms with Crippen LogP contribution < -0.4 is 4.74 Å². The van der Waals surface area contributed by atoms with Crippen LogP contribution in [0.5, 0.6) is 5.75 Å². The highest BCUT2D eigenvalue weighted by Crippen LogP contribution is 2.29. The van der Waals surface area contributed by atoms with Crippen molar-refractivity contribution in [2.24, 2.45) is 0 Å². The predicted octanol–water partition coefficient (Wildman–Crippen LogP) is 6.24. The minimum Gasteiger partial charge on any atom is -0.486 e. The number of hydrogen-bond acceptors (Lipinski definition) is 8. The second kappa shape index (κ2) is 8.97. The summed E-state index contributed by atoms with van der Waals surface area (Å²) >= 11 is 4.87. The second-order valence-corrected chi connectivity index (χ2v) is 9.22. The molecule has 32 heavy (non-hydrogen) atoms. The minimum atomic E-state index is -0.624. The Morgan fingerprint density at radius 3 is 2.72 bits per heavy atom. The molecule has 0 saturated carbocycles. The van der Waals surface area contributed by atoms with Crippen LogP contribution in [0.1, 0.15) is 22.2 Å². The number of furan rings is 1. The van der Waals surface area contributed by atoms with Crippen molar-refractivity contribution in [3.8, 4) is 16.5 Å². The van der Waals surface area contributed by atoms with E-state index < -0.39 is 5.97 Å². The monoisotopic (exact) mass is 510 g/mol. The molecule has 0 fully saturated rings. The molecule has 0 aliphatic rings. The average Bonchev–Trinajstić information content (AvgIpc) is 3.57. The molecule has 0 spiro atoms. The summed E-state index contributed by atoms with van der Waals surface area (Å²) in [6.07, 6.45) is 0. The Morgan fingerprint density at radius 1 is 1.00 bits per heavy atom. The van der Waals surface area contributed by atoms with Gasteiger partial charge in [0.1, 0.15) is 18.1 Å². The van der Waals surface area contributed by atoms with E-state index in [9.17, 15) is 4.79 Å². The first-order valence-corrected chi connectivity index (χ1v) is 11.2. The highest BCUT2D eigenvalue weighted by molar-refractivity contribution is 9.11. The molecule has 9 heteroatoms. The van der Waals surface area contributed by atoms with Gasteiger partial charge in [-0.1, -0.05) is 35.5 Å². The van der Waals surface area contributed by atoms with E-state index >= 15 is 0 Å². The van der Waals surface area contributed by atoms with Gasteiger partial charge in [-0.05, 0) is 63.1 Å². The fourth-order valence-electron chi connectivity index (χ4n) is 3.02. The molecule has 2 aromatic carbocycles. The molecule has 0 saturated heterocycles. The van der Waals surface area contributed by atoms with Gasteiger partial charge in [0.2, 0.25) is 11.6 Å². The maximum atomic E-state index is 12.3. The van der Waals surface area contributed by atoms with Crippen molar-refractivity contribution in [1.29, 1.82) is 0 Å². The number of ether oxygens (including phenoxy) is 2. The lowest BCUT2D eigenvalue weighted by Gasteiger charge is -2.05. The van der Waals surface area contributed by atoms with Crippen LogP contribution in [-0.4, -0.2) is 16.1 Å². The van der Waals surface area contributed by atoms with Crippen LogP contribution >= 0.6 is 27.3 Å². The van der Waals surface area contributed by atoms with Gasteiger partial charge in [-0.15, -0.1) is 11.3 Å². The van der Waals surface area contributed by atoms with Crippen molar-refractivity contribution in [1.82, 2.24) is 10.1 Å². The Kier molecular flexibility index (Phi) is 5.74. The lowest BCUT2D eigenvalue weighted by molar-refractivity contribution is 0.0390. The third-order valence-corrected chi connectivity index (χ3v) is 6.17. The zero-order valence-corrected chi connectivity index (χ0v) is 18.9. The van der Waals surface area contributed by atoms with Crippen molar-refractivity contribution in [3.05, 3.63) is 87.9 Å². The molecule has 0 amide bonds. The molecule has 160 valence electrons. The summed E-state index contributed by atoms with van der Waals surface area (Å²) in [5, 5.41) is 6.12. The largest absolute Gasteiger partial charge is 0.486 e. The first-order chi connectivity index (χ1) is 15.6. The molecule has 0 bridgehead atoms. The number of fused-ring (bicyclic) bond motifs is 1. The minimum absolute atomic E-state index is 0.0732. The topological polar surface area (TPSA) is 87.6 Å². The number of halogens is 1. The van der Waals surface area contributed by atoms with E-state index in [1.165, 1.54) is 11.3 Å². The normalized spacial score (nSPS) is 11.0. The Bertz CT molecular complexity index is 1390. The van der Waals surface area contributed by atoms with Crippen LogP contribution in [0.15, 0.2) is 79.5 Å².